The fourth-order valence-corrected chi connectivity index (χ4v) is 4.63. The molecule has 1 aliphatic heterocycles. The highest BCUT2D eigenvalue weighted by molar-refractivity contribution is 5.89. The van der Waals surface area contributed by atoms with E-state index in [4.69, 9.17) is 0 Å². The molecule has 9 heteroatoms. The Morgan fingerprint density at radius 3 is 2.39 bits per heavy atom. The molecule has 0 aliphatic carbocycles. The van der Waals surface area contributed by atoms with Crippen molar-refractivity contribution in [2.24, 2.45) is 7.05 Å². The average molecular weight is 455 g/mol. The van der Waals surface area contributed by atoms with Gasteiger partial charge in [0.15, 0.2) is 17.5 Å². The number of nitriles is 1. The minimum Gasteiger partial charge on any atom is -0.364 e. The molecule has 4 rings (SSSR count). The molecule has 1 unspecified atom stereocenters. The molecule has 0 amide bonds. The molecule has 33 heavy (non-hydrogen) atoms. The lowest BCUT2D eigenvalue weighted by atomic mass is 10.00. The van der Waals surface area contributed by atoms with E-state index in [2.05, 4.69) is 14.8 Å². The van der Waals surface area contributed by atoms with Gasteiger partial charge >= 0.3 is 0 Å². The fraction of sp³-hybridized carbons (Fsp3) is 0.375. The summed E-state index contributed by atoms with van der Waals surface area (Å²) in [4.78, 5) is 21.3. The van der Waals surface area contributed by atoms with Crippen LogP contribution < -0.4 is 10.5 Å². The van der Waals surface area contributed by atoms with Gasteiger partial charge < -0.3 is 9.47 Å². The van der Waals surface area contributed by atoms with E-state index < -0.39 is 17.5 Å². The first-order chi connectivity index (χ1) is 15.6. The van der Waals surface area contributed by atoms with E-state index in [-0.39, 0.29) is 29.4 Å². The number of hydrogen-bond donors (Lipinski definition) is 0. The highest BCUT2D eigenvalue weighted by Crippen LogP contribution is 2.33. The molecule has 3 heterocycles. The lowest BCUT2D eigenvalue weighted by Crippen LogP contribution is -2.57. The zero-order valence-corrected chi connectivity index (χ0v) is 18.8. The molecule has 3 aromatic rings. The molecular weight excluding hydrogens is 431 g/mol. The third-order valence-corrected chi connectivity index (χ3v) is 6.51. The summed E-state index contributed by atoms with van der Waals surface area (Å²) < 4.78 is 42.5. The largest absolute Gasteiger partial charge is 0.364 e. The van der Waals surface area contributed by atoms with Crippen LogP contribution in [-0.2, 0) is 7.05 Å². The first-order valence-electron chi connectivity index (χ1n) is 10.7. The van der Waals surface area contributed by atoms with Crippen LogP contribution in [0.3, 0.4) is 0 Å². The van der Waals surface area contributed by atoms with Crippen LogP contribution in [0.5, 0.6) is 0 Å². The predicted molar refractivity (Wildman–Crippen MR) is 119 cm³/mol. The van der Waals surface area contributed by atoms with Gasteiger partial charge in [0.2, 0.25) is 0 Å². The number of aryl methyl sites for hydroxylation is 1. The summed E-state index contributed by atoms with van der Waals surface area (Å²) in [5, 5.41) is 9.30. The first kappa shape index (κ1) is 22.8. The van der Waals surface area contributed by atoms with Gasteiger partial charge in [-0.1, -0.05) is 0 Å². The molecule has 0 bridgehead atoms. The molecular formula is C24H24F3N5O. The molecule has 1 aliphatic rings. The Morgan fingerprint density at radius 2 is 1.76 bits per heavy atom. The van der Waals surface area contributed by atoms with E-state index in [1.54, 1.807) is 19.2 Å². The minimum atomic E-state index is -1.47. The molecule has 0 radical (unpaired) electrons. The lowest BCUT2D eigenvalue weighted by molar-refractivity contribution is 0.119. The van der Waals surface area contributed by atoms with E-state index in [9.17, 15) is 23.2 Å². The normalized spacial score (nSPS) is 20.1. The van der Waals surface area contributed by atoms with Crippen molar-refractivity contribution in [3.63, 3.8) is 0 Å². The van der Waals surface area contributed by atoms with Gasteiger partial charge in [-0.2, -0.15) is 5.26 Å². The summed E-state index contributed by atoms with van der Waals surface area (Å²) in [6.45, 7) is 6.88. The van der Waals surface area contributed by atoms with Gasteiger partial charge in [-0.3, -0.25) is 9.69 Å². The second-order valence-corrected chi connectivity index (χ2v) is 8.62. The lowest BCUT2D eigenvalue weighted by Gasteiger charge is -2.47. The van der Waals surface area contributed by atoms with E-state index >= 15 is 0 Å². The van der Waals surface area contributed by atoms with Gasteiger partial charge in [0, 0.05) is 44.3 Å². The number of nitrogens with zero attached hydrogens (tertiary/aromatic N) is 5. The standard InChI is InChI=1S/C24H24F3N5O/c1-13-12-32(21-9-22(33)30(4)20-6-5-17(10-28)29-24(20)21)14(2)11-31(13)15(3)16-7-18(25)23(27)19(26)8-16/h5-9,13-15H,11-12H2,1-4H3/t13-,14+,15?/m1/s1. The Hall–Kier alpha value is -3.38. The van der Waals surface area contributed by atoms with Crippen molar-refractivity contribution in [1.82, 2.24) is 14.5 Å². The van der Waals surface area contributed by atoms with Gasteiger partial charge in [-0.05, 0) is 50.6 Å². The van der Waals surface area contributed by atoms with E-state index in [0.717, 1.165) is 12.1 Å². The van der Waals surface area contributed by atoms with Gasteiger partial charge in [0.1, 0.15) is 17.3 Å². The number of anilines is 1. The highest BCUT2D eigenvalue weighted by atomic mass is 19.2. The summed E-state index contributed by atoms with van der Waals surface area (Å²) in [5.41, 5.74) is 2.28. The number of rotatable bonds is 3. The molecule has 1 fully saturated rings. The third-order valence-electron chi connectivity index (χ3n) is 6.51. The van der Waals surface area contributed by atoms with Crippen LogP contribution in [0.1, 0.15) is 38.1 Å². The Morgan fingerprint density at radius 1 is 1.09 bits per heavy atom. The van der Waals surface area contributed by atoms with Crippen molar-refractivity contribution in [3.8, 4) is 6.07 Å². The maximum atomic E-state index is 13.8. The van der Waals surface area contributed by atoms with Crippen LogP contribution in [0.25, 0.3) is 11.0 Å². The van der Waals surface area contributed by atoms with Crippen molar-refractivity contribution < 1.29 is 13.2 Å². The van der Waals surface area contributed by atoms with Crippen molar-refractivity contribution in [2.75, 3.05) is 18.0 Å². The number of pyridine rings is 2. The number of aromatic nitrogens is 2. The van der Waals surface area contributed by atoms with E-state index in [0.29, 0.717) is 35.4 Å². The average Bonchev–Trinajstić information content (AvgIpc) is 2.80. The Bertz CT molecular complexity index is 1310. The van der Waals surface area contributed by atoms with Crippen molar-refractivity contribution in [3.05, 3.63) is 69.4 Å². The van der Waals surface area contributed by atoms with Crippen molar-refractivity contribution in [2.45, 2.75) is 38.9 Å². The maximum Gasteiger partial charge on any atom is 0.252 e. The summed E-state index contributed by atoms with van der Waals surface area (Å²) in [5.74, 6) is -3.89. The van der Waals surface area contributed by atoms with Crippen molar-refractivity contribution in [1.29, 1.82) is 5.26 Å². The number of halogens is 3. The third kappa shape index (κ3) is 3.95. The number of hydrogen-bond acceptors (Lipinski definition) is 5. The molecule has 1 saturated heterocycles. The summed E-state index contributed by atoms with van der Waals surface area (Å²) in [6, 6.07) is 8.48. The van der Waals surface area contributed by atoms with Crippen LogP contribution >= 0.6 is 0 Å². The zero-order chi connectivity index (χ0) is 24.0. The molecule has 1 aromatic carbocycles. The maximum absolute atomic E-state index is 13.8. The summed E-state index contributed by atoms with van der Waals surface area (Å²) >= 11 is 0. The summed E-state index contributed by atoms with van der Waals surface area (Å²) in [7, 11) is 1.66. The van der Waals surface area contributed by atoms with E-state index in [1.807, 2.05) is 26.8 Å². The minimum absolute atomic E-state index is 0.0503. The van der Waals surface area contributed by atoms with Crippen LogP contribution in [0.15, 0.2) is 35.1 Å². The Labute approximate surface area is 189 Å². The van der Waals surface area contributed by atoms with Gasteiger partial charge in [0.25, 0.3) is 5.56 Å². The summed E-state index contributed by atoms with van der Waals surface area (Å²) in [6.07, 6.45) is 0. The number of fused-ring (bicyclic) bond motifs is 1. The predicted octanol–water partition coefficient (Wildman–Crippen LogP) is 3.88. The van der Waals surface area contributed by atoms with Gasteiger partial charge in [-0.25, -0.2) is 18.2 Å². The SMILES string of the molecule is CC(c1cc(F)c(F)c(F)c1)N1C[C@H](C)N(c2cc(=O)n(C)c3ccc(C#N)nc23)C[C@H]1C. The number of benzene rings is 1. The first-order valence-corrected chi connectivity index (χ1v) is 10.7. The fourth-order valence-electron chi connectivity index (χ4n) is 4.63. The Kier molecular flexibility index (Phi) is 5.89. The Balaban J connectivity index is 1.69. The second kappa shape index (κ2) is 8.52. The zero-order valence-electron chi connectivity index (χ0n) is 18.8. The van der Waals surface area contributed by atoms with Gasteiger partial charge in [0.05, 0.1) is 11.2 Å². The van der Waals surface area contributed by atoms with Crippen LogP contribution in [0.2, 0.25) is 0 Å². The molecule has 0 saturated carbocycles. The van der Waals surface area contributed by atoms with Crippen molar-refractivity contribution >= 4 is 16.7 Å². The highest BCUT2D eigenvalue weighted by Gasteiger charge is 2.34. The quantitative estimate of drug-likeness (QED) is 0.561. The molecule has 2 aromatic heterocycles. The molecule has 0 spiro atoms. The van der Waals surface area contributed by atoms with E-state index in [1.165, 1.54) is 10.6 Å². The molecule has 3 atom stereocenters. The molecule has 0 N–H and O–H groups in total. The van der Waals surface area contributed by atoms with Crippen LogP contribution in [-0.4, -0.2) is 39.6 Å². The van der Waals surface area contributed by atoms with Gasteiger partial charge in [-0.15, -0.1) is 0 Å². The monoisotopic (exact) mass is 455 g/mol. The molecule has 6 nitrogen and oxygen atoms in total. The van der Waals surface area contributed by atoms with Crippen LogP contribution in [0, 0.1) is 28.8 Å². The molecule has 172 valence electrons. The second-order valence-electron chi connectivity index (χ2n) is 8.62. The number of piperazine rings is 1. The topological polar surface area (TPSA) is 65.2 Å². The van der Waals surface area contributed by atoms with Crippen LogP contribution in [0.4, 0.5) is 18.9 Å². The smallest absolute Gasteiger partial charge is 0.252 e.